The molecule has 0 fully saturated rings. The average molecular weight is 393 g/mol. The van der Waals surface area contributed by atoms with Crippen LogP contribution in [-0.2, 0) is 28.5 Å². The van der Waals surface area contributed by atoms with E-state index < -0.39 is 28.5 Å². The first-order valence-corrected chi connectivity index (χ1v) is 5.78. The fourth-order valence-electron chi connectivity index (χ4n) is 0. The van der Waals surface area contributed by atoms with Crippen molar-refractivity contribution in [2.24, 2.45) is 0 Å². The molecule has 0 aromatic rings. The summed E-state index contributed by atoms with van der Waals surface area (Å²) in [5, 5.41) is 0. The van der Waals surface area contributed by atoms with Gasteiger partial charge < -0.3 is 0 Å². The van der Waals surface area contributed by atoms with Gasteiger partial charge in [0.1, 0.15) is 0 Å². The van der Waals surface area contributed by atoms with E-state index in [0.717, 1.165) is 0 Å². The van der Waals surface area contributed by atoms with E-state index in [-0.39, 0.29) is 100 Å². The third-order valence-corrected chi connectivity index (χ3v) is 0. The topological polar surface area (TPSA) is 156 Å². The molecule has 0 aromatic heterocycles. The molecule has 12 heavy (non-hydrogen) atoms. The first kappa shape index (κ1) is 24.7. The van der Waals surface area contributed by atoms with E-state index in [1.54, 1.807) is 0 Å². The van der Waals surface area contributed by atoms with Crippen LogP contribution in [0.4, 0.5) is 0 Å². The SMILES string of the molecule is O=S(=O)(O)O.[BaH2].[KH].[OH][Ti]([OH])([OH])[OH]. The van der Waals surface area contributed by atoms with Crippen molar-refractivity contribution >= 4 is 111 Å². The van der Waals surface area contributed by atoms with Gasteiger partial charge in [0.05, 0.1) is 0 Å². The normalized spacial score (nSPS) is 9.83. The summed E-state index contributed by atoms with van der Waals surface area (Å²) < 4.78 is 61.1. The van der Waals surface area contributed by atoms with E-state index in [4.69, 9.17) is 32.3 Å². The molecule has 8 nitrogen and oxygen atoms in total. The number of rotatable bonds is 0. The summed E-state index contributed by atoms with van der Waals surface area (Å²) in [5.74, 6) is 0. The Kier molecular flexibility index (Phi) is 22.9. The molecular weight excluding hydrogens is 384 g/mol. The standard InChI is InChI=1S/Ba.K.H2O4S.4H2O.Ti.3H/c;;1-5(2,3)4;;;;;;;;/h;;(H2,1,2,3,4);4*1H2;;;;/q;;;;;;;+4;;;/p-4. The Labute approximate surface area is 157 Å². The molecule has 0 radical (unpaired) electrons. The Hall–Kier alpha value is 3.63. The molecule has 0 spiro atoms. The van der Waals surface area contributed by atoms with Crippen LogP contribution in [0, 0.1) is 0 Å². The molecule has 0 saturated carbocycles. The Morgan fingerprint density at radius 2 is 0.917 bits per heavy atom. The zero-order chi connectivity index (χ0) is 9.00. The average Bonchev–Trinajstić information content (AvgIpc) is 1.12. The second kappa shape index (κ2) is 11.1. The van der Waals surface area contributed by atoms with Gasteiger partial charge in [-0.15, -0.1) is 0 Å². The molecule has 0 atom stereocenters. The van der Waals surface area contributed by atoms with Crippen molar-refractivity contribution in [3.63, 3.8) is 0 Å². The summed E-state index contributed by atoms with van der Waals surface area (Å²) in [4.78, 5) is 0. The van der Waals surface area contributed by atoms with E-state index in [1.807, 2.05) is 0 Å². The molecule has 0 amide bonds. The van der Waals surface area contributed by atoms with Gasteiger partial charge in [-0.05, 0) is 0 Å². The van der Waals surface area contributed by atoms with Crippen LogP contribution in [0.25, 0.3) is 0 Å². The van der Waals surface area contributed by atoms with Crippen LogP contribution in [0.3, 0.4) is 0 Å². The first-order valence-electron chi connectivity index (χ1n) is 1.59. The van der Waals surface area contributed by atoms with Crippen LogP contribution in [-0.4, -0.2) is 133 Å². The maximum atomic E-state index is 8.74. The van der Waals surface area contributed by atoms with Gasteiger partial charge in [0, 0.05) is 0 Å². The maximum absolute atomic E-state index is 8.74. The fourth-order valence-corrected chi connectivity index (χ4v) is 0. The third-order valence-electron chi connectivity index (χ3n) is 0. The van der Waals surface area contributed by atoms with Gasteiger partial charge in [0.15, 0.2) is 0 Å². The molecule has 6 N–H and O–H groups in total. The molecular formula is H9BaKO8STi. The van der Waals surface area contributed by atoms with Crippen LogP contribution in [0.2, 0.25) is 0 Å². The summed E-state index contributed by atoms with van der Waals surface area (Å²) in [6.45, 7) is 0. The van der Waals surface area contributed by atoms with Crippen molar-refractivity contribution in [1.29, 1.82) is 0 Å². The van der Waals surface area contributed by atoms with Crippen LogP contribution in [0.1, 0.15) is 0 Å². The summed E-state index contributed by atoms with van der Waals surface area (Å²) in [5.41, 5.74) is 0. The molecule has 0 aliphatic heterocycles. The predicted molar refractivity (Wildman–Crippen MR) is 38.7 cm³/mol. The number of hydrogen-bond donors (Lipinski definition) is 6. The van der Waals surface area contributed by atoms with Crippen LogP contribution >= 0.6 is 0 Å². The minimum absolute atomic E-state index is 0. The van der Waals surface area contributed by atoms with Gasteiger partial charge in [-0.25, -0.2) is 0 Å². The predicted octanol–water partition coefficient (Wildman–Crippen LogP) is -4.45. The Morgan fingerprint density at radius 3 is 0.917 bits per heavy atom. The molecule has 0 unspecified atom stereocenters. The fraction of sp³-hybridized carbons (Fsp3) is 0. The van der Waals surface area contributed by atoms with E-state index in [2.05, 4.69) is 0 Å². The number of hydrogen-bond acceptors (Lipinski definition) is 6. The second-order valence-electron chi connectivity index (χ2n) is 1.05. The molecule has 0 saturated heterocycles. The van der Waals surface area contributed by atoms with Crippen molar-refractivity contribution in [3.8, 4) is 0 Å². The van der Waals surface area contributed by atoms with Gasteiger partial charge in [-0.1, -0.05) is 0 Å². The van der Waals surface area contributed by atoms with Crippen molar-refractivity contribution in [3.05, 3.63) is 0 Å². The van der Waals surface area contributed by atoms with Gasteiger partial charge in [-0.2, -0.15) is 8.42 Å². The van der Waals surface area contributed by atoms with Gasteiger partial charge in [0.25, 0.3) is 0 Å². The van der Waals surface area contributed by atoms with Crippen molar-refractivity contribution in [2.75, 3.05) is 0 Å². The summed E-state index contributed by atoms with van der Waals surface area (Å²) in [6.07, 6.45) is 0. The molecule has 0 aliphatic rings. The summed E-state index contributed by atoms with van der Waals surface area (Å²) in [6, 6.07) is 0. The van der Waals surface area contributed by atoms with Gasteiger partial charge in [-0.3, -0.25) is 9.11 Å². The Morgan fingerprint density at radius 1 is 0.917 bits per heavy atom. The molecule has 0 bridgehead atoms. The quantitative estimate of drug-likeness (QED) is 0.178. The third kappa shape index (κ3) is 165. The molecule has 70 valence electrons. The molecule has 0 aliphatic carbocycles. The van der Waals surface area contributed by atoms with Gasteiger partial charge >= 0.3 is 144 Å². The summed E-state index contributed by atoms with van der Waals surface area (Å²) in [7, 11) is -4.67. The van der Waals surface area contributed by atoms with Crippen LogP contribution in [0.15, 0.2) is 0 Å². The van der Waals surface area contributed by atoms with E-state index in [1.165, 1.54) is 0 Å². The summed E-state index contributed by atoms with van der Waals surface area (Å²) >= 11 is -5.00. The first-order chi connectivity index (χ1) is 4.00. The second-order valence-corrected chi connectivity index (χ2v) is 3.82. The van der Waals surface area contributed by atoms with Gasteiger partial charge in [0.2, 0.25) is 0 Å². The monoisotopic (exact) mass is 394 g/mol. The van der Waals surface area contributed by atoms with E-state index in [9.17, 15) is 0 Å². The molecule has 0 rings (SSSR count). The minimum atomic E-state index is -5.00. The molecule has 0 heterocycles. The molecule has 12 heteroatoms. The van der Waals surface area contributed by atoms with E-state index >= 15 is 0 Å². The molecule has 0 aromatic carbocycles. The van der Waals surface area contributed by atoms with Crippen molar-refractivity contribution in [1.82, 2.24) is 0 Å². The zero-order valence-corrected chi connectivity index (χ0v) is 6.79. The zero-order valence-electron chi connectivity index (χ0n) is 4.41. The Bertz CT molecular complexity index is 154. The van der Waals surface area contributed by atoms with Crippen molar-refractivity contribution < 1.29 is 50.4 Å². The Balaban J connectivity index is -0.0000000457. The van der Waals surface area contributed by atoms with Crippen LogP contribution < -0.4 is 0 Å². The van der Waals surface area contributed by atoms with E-state index in [0.29, 0.717) is 0 Å². The van der Waals surface area contributed by atoms with Crippen molar-refractivity contribution in [2.45, 2.75) is 0 Å². The van der Waals surface area contributed by atoms with Crippen LogP contribution in [0.5, 0.6) is 0 Å².